The molecule has 3 fully saturated rings. The molecule has 2 heterocycles. The zero-order valence-corrected chi connectivity index (χ0v) is 19.7. The summed E-state index contributed by atoms with van der Waals surface area (Å²) in [6.07, 6.45) is 7.61. The van der Waals surface area contributed by atoms with Crippen molar-refractivity contribution in [2.45, 2.75) is 69.9 Å². The summed E-state index contributed by atoms with van der Waals surface area (Å²) in [5.41, 5.74) is 1.31. The minimum absolute atomic E-state index is 0.230. The Morgan fingerprint density at radius 2 is 2.00 bits per heavy atom. The maximum atomic E-state index is 6.54. The van der Waals surface area contributed by atoms with Gasteiger partial charge in [-0.3, -0.25) is 4.90 Å². The molecule has 6 nitrogen and oxygen atoms in total. The lowest BCUT2D eigenvalue weighted by Crippen LogP contribution is -2.42. The van der Waals surface area contributed by atoms with Gasteiger partial charge in [0.1, 0.15) is 12.4 Å². The predicted molar refractivity (Wildman–Crippen MR) is 123 cm³/mol. The molecule has 0 bridgehead atoms. The molecular weight excluding hydrogens is 406 g/mol. The van der Waals surface area contributed by atoms with Crippen LogP contribution in [0.15, 0.2) is 36.9 Å². The molecule has 178 valence electrons. The monoisotopic (exact) mass is 445 g/mol. The SMILES string of the molecule is C=CCC(CC)C1(C)OOC2(CCCC(c3ccc(OCCN4CCOCC4)cc3)C2)O1. The molecule has 1 spiro atoms. The summed E-state index contributed by atoms with van der Waals surface area (Å²) < 4.78 is 17.9. The van der Waals surface area contributed by atoms with Crippen LogP contribution in [0.5, 0.6) is 5.75 Å². The average Bonchev–Trinajstić information content (AvgIpc) is 3.15. The van der Waals surface area contributed by atoms with Crippen molar-refractivity contribution in [1.29, 1.82) is 0 Å². The number of rotatable bonds is 9. The molecule has 1 aliphatic carbocycles. The Hall–Kier alpha value is -1.44. The Kier molecular flexibility index (Phi) is 7.90. The number of nitrogens with zero attached hydrogens (tertiary/aromatic N) is 1. The van der Waals surface area contributed by atoms with Crippen molar-refractivity contribution in [3.05, 3.63) is 42.5 Å². The molecule has 2 aliphatic heterocycles. The number of hydrogen-bond donors (Lipinski definition) is 0. The van der Waals surface area contributed by atoms with E-state index in [-0.39, 0.29) is 5.92 Å². The van der Waals surface area contributed by atoms with Crippen LogP contribution in [0.2, 0.25) is 0 Å². The fourth-order valence-electron chi connectivity index (χ4n) is 5.27. The Balaban J connectivity index is 1.32. The van der Waals surface area contributed by atoms with Crippen molar-refractivity contribution in [3.8, 4) is 5.75 Å². The topological polar surface area (TPSA) is 49.4 Å². The third-order valence-electron chi connectivity index (χ3n) is 7.23. The number of benzene rings is 1. The van der Waals surface area contributed by atoms with Crippen molar-refractivity contribution < 1.29 is 24.0 Å². The van der Waals surface area contributed by atoms with E-state index in [0.717, 1.165) is 77.1 Å². The number of hydrogen-bond acceptors (Lipinski definition) is 6. The van der Waals surface area contributed by atoms with E-state index in [2.05, 4.69) is 42.7 Å². The third-order valence-corrected chi connectivity index (χ3v) is 7.23. The van der Waals surface area contributed by atoms with Crippen LogP contribution in [0.25, 0.3) is 0 Å². The average molecular weight is 446 g/mol. The maximum absolute atomic E-state index is 6.54. The largest absolute Gasteiger partial charge is 0.492 e. The first-order chi connectivity index (χ1) is 15.6. The normalized spacial score (nSPS) is 32.1. The smallest absolute Gasteiger partial charge is 0.205 e. The van der Waals surface area contributed by atoms with Gasteiger partial charge in [-0.05, 0) is 56.2 Å². The molecule has 3 aliphatic rings. The summed E-state index contributed by atoms with van der Waals surface area (Å²) >= 11 is 0. The standard InChI is InChI=1S/C26H39NO5/c1-4-7-23(5-2)25(3)30-26(32-31-25)13-6-8-22(20-26)21-9-11-24(12-10-21)29-19-16-27-14-17-28-18-15-27/h4,9-12,22-23H,1,5-8,13-20H2,2-3H3. The van der Waals surface area contributed by atoms with Crippen molar-refractivity contribution in [1.82, 2.24) is 4.90 Å². The van der Waals surface area contributed by atoms with Crippen LogP contribution in [-0.4, -0.2) is 55.9 Å². The Bertz CT molecular complexity index is 734. The molecule has 1 aromatic carbocycles. The Labute approximate surface area is 192 Å². The van der Waals surface area contributed by atoms with Crippen molar-refractivity contribution in [3.63, 3.8) is 0 Å². The first kappa shape index (κ1) is 23.7. The summed E-state index contributed by atoms with van der Waals surface area (Å²) in [7, 11) is 0. The highest BCUT2D eigenvalue weighted by Gasteiger charge is 2.54. The lowest BCUT2D eigenvalue weighted by atomic mass is 9.80. The van der Waals surface area contributed by atoms with E-state index in [4.69, 9.17) is 24.0 Å². The van der Waals surface area contributed by atoms with Gasteiger partial charge >= 0.3 is 0 Å². The zero-order chi connectivity index (χ0) is 22.4. The molecule has 6 heteroatoms. The van der Waals surface area contributed by atoms with Crippen LogP contribution < -0.4 is 4.74 Å². The van der Waals surface area contributed by atoms with E-state index < -0.39 is 11.6 Å². The summed E-state index contributed by atoms with van der Waals surface area (Å²) in [5, 5.41) is 0. The molecule has 4 atom stereocenters. The first-order valence-electron chi connectivity index (χ1n) is 12.3. The van der Waals surface area contributed by atoms with Crippen LogP contribution in [-0.2, 0) is 19.2 Å². The van der Waals surface area contributed by atoms with E-state index in [1.165, 1.54) is 5.56 Å². The lowest BCUT2D eigenvalue weighted by Gasteiger charge is -2.37. The maximum Gasteiger partial charge on any atom is 0.205 e. The predicted octanol–water partition coefficient (Wildman–Crippen LogP) is 5.05. The highest BCUT2D eigenvalue weighted by Crippen LogP contribution is 2.50. The molecule has 0 aromatic heterocycles. The van der Waals surface area contributed by atoms with E-state index >= 15 is 0 Å². The van der Waals surface area contributed by atoms with Gasteiger partial charge in [0.25, 0.3) is 0 Å². The third kappa shape index (κ3) is 5.54. The van der Waals surface area contributed by atoms with Crippen molar-refractivity contribution in [2.24, 2.45) is 5.92 Å². The van der Waals surface area contributed by atoms with E-state index in [1.807, 2.05) is 13.0 Å². The quantitative estimate of drug-likeness (QED) is 0.392. The van der Waals surface area contributed by atoms with Gasteiger partial charge in [-0.2, -0.15) is 9.78 Å². The van der Waals surface area contributed by atoms with Gasteiger partial charge in [0.2, 0.25) is 11.6 Å². The molecule has 0 amide bonds. The highest BCUT2D eigenvalue weighted by atomic mass is 17.3. The molecule has 1 aromatic rings. The van der Waals surface area contributed by atoms with Crippen molar-refractivity contribution >= 4 is 0 Å². The summed E-state index contributed by atoms with van der Waals surface area (Å²) in [5.74, 6) is 0.167. The Morgan fingerprint density at radius 1 is 1.22 bits per heavy atom. The van der Waals surface area contributed by atoms with Gasteiger partial charge in [0, 0.05) is 38.4 Å². The van der Waals surface area contributed by atoms with Crippen LogP contribution in [0.3, 0.4) is 0 Å². The molecular formula is C26H39NO5. The van der Waals surface area contributed by atoms with Gasteiger partial charge in [-0.25, -0.2) is 0 Å². The van der Waals surface area contributed by atoms with Gasteiger partial charge in [-0.15, -0.1) is 6.58 Å². The fraction of sp³-hybridized carbons (Fsp3) is 0.692. The minimum Gasteiger partial charge on any atom is -0.492 e. The molecule has 32 heavy (non-hydrogen) atoms. The van der Waals surface area contributed by atoms with E-state index in [0.29, 0.717) is 12.5 Å². The molecule has 1 saturated carbocycles. The molecule has 4 rings (SSSR count). The van der Waals surface area contributed by atoms with Gasteiger partial charge < -0.3 is 14.2 Å². The van der Waals surface area contributed by atoms with E-state index in [1.54, 1.807) is 0 Å². The molecule has 2 saturated heterocycles. The van der Waals surface area contributed by atoms with Crippen molar-refractivity contribution in [2.75, 3.05) is 39.5 Å². The van der Waals surface area contributed by atoms with Crippen LogP contribution >= 0.6 is 0 Å². The highest BCUT2D eigenvalue weighted by molar-refractivity contribution is 5.30. The second kappa shape index (κ2) is 10.7. The van der Waals surface area contributed by atoms with Gasteiger partial charge in [-0.1, -0.05) is 25.1 Å². The van der Waals surface area contributed by atoms with E-state index in [9.17, 15) is 0 Å². The molecule has 0 radical (unpaired) electrons. The minimum atomic E-state index is -0.719. The molecule has 4 unspecified atom stereocenters. The van der Waals surface area contributed by atoms with Gasteiger partial charge in [0.05, 0.1) is 13.2 Å². The summed E-state index contributed by atoms with van der Waals surface area (Å²) in [6, 6.07) is 8.55. The second-order valence-corrected chi connectivity index (χ2v) is 9.49. The summed E-state index contributed by atoms with van der Waals surface area (Å²) in [6.45, 7) is 13.3. The fourth-order valence-corrected chi connectivity index (χ4v) is 5.27. The first-order valence-corrected chi connectivity index (χ1v) is 12.3. The number of allylic oxidation sites excluding steroid dienone is 1. The second-order valence-electron chi connectivity index (χ2n) is 9.49. The number of ether oxygens (including phenoxy) is 3. The van der Waals surface area contributed by atoms with Gasteiger partial charge in [0.15, 0.2) is 0 Å². The van der Waals surface area contributed by atoms with Crippen LogP contribution in [0.4, 0.5) is 0 Å². The lowest BCUT2D eigenvalue weighted by molar-refractivity contribution is -0.359. The Morgan fingerprint density at radius 3 is 2.72 bits per heavy atom. The molecule has 0 N–H and O–H groups in total. The zero-order valence-electron chi connectivity index (χ0n) is 19.7. The summed E-state index contributed by atoms with van der Waals surface area (Å²) in [4.78, 5) is 14.1. The number of morpholine rings is 1. The van der Waals surface area contributed by atoms with Crippen LogP contribution in [0, 0.1) is 5.92 Å². The van der Waals surface area contributed by atoms with Crippen LogP contribution in [0.1, 0.15) is 63.9 Å².